The van der Waals surface area contributed by atoms with E-state index in [4.69, 9.17) is 9.29 Å². The topological polar surface area (TPSA) is 120 Å². The molecule has 2 aromatic carbocycles. The number of methoxy groups -OCH3 is 1. The van der Waals surface area contributed by atoms with E-state index < -0.39 is 45.5 Å². The van der Waals surface area contributed by atoms with Gasteiger partial charge in [-0.15, -0.1) is 0 Å². The quantitative estimate of drug-likeness (QED) is 0.414. The van der Waals surface area contributed by atoms with Gasteiger partial charge >= 0.3 is 11.9 Å². The molecule has 0 radical (unpaired) electrons. The van der Waals surface area contributed by atoms with Crippen molar-refractivity contribution in [2.75, 3.05) is 13.7 Å². The maximum absolute atomic E-state index is 13.2. The summed E-state index contributed by atoms with van der Waals surface area (Å²) in [6, 6.07) is 10.2. The first-order valence-electron chi connectivity index (χ1n) is 10.5. The molecule has 13 heteroatoms. The van der Waals surface area contributed by atoms with Gasteiger partial charge in [-0.2, -0.15) is 13.2 Å². The first kappa shape index (κ1) is 27.0. The van der Waals surface area contributed by atoms with Crippen LogP contribution in [0, 0.1) is 0 Å². The Morgan fingerprint density at radius 3 is 2.39 bits per heavy atom. The molecule has 0 saturated heterocycles. The lowest BCUT2D eigenvalue weighted by atomic mass is 10.1. The van der Waals surface area contributed by atoms with E-state index in [-0.39, 0.29) is 31.1 Å². The number of carbonyl (C=O) groups is 1. The lowest BCUT2D eigenvalue weighted by Gasteiger charge is -2.14. The van der Waals surface area contributed by atoms with Crippen molar-refractivity contribution in [3.05, 3.63) is 97.8 Å². The lowest BCUT2D eigenvalue weighted by molar-refractivity contribution is -0.137. The smallest absolute Gasteiger partial charge is 0.383 e. The van der Waals surface area contributed by atoms with Gasteiger partial charge in [0.15, 0.2) is 11.1 Å². The Hall–Kier alpha value is -3.55. The van der Waals surface area contributed by atoms with E-state index in [1.165, 1.54) is 13.2 Å². The van der Waals surface area contributed by atoms with Crippen LogP contribution in [-0.4, -0.2) is 37.5 Å². The van der Waals surface area contributed by atoms with Gasteiger partial charge in [-0.05, 0) is 29.3 Å². The monoisotopic (exact) mass is 525 g/mol. The van der Waals surface area contributed by atoms with E-state index >= 15 is 0 Å². The van der Waals surface area contributed by atoms with Crippen LogP contribution in [0.1, 0.15) is 27.0 Å². The van der Waals surface area contributed by atoms with Crippen molar-refractivity contribution in [3.8, 4) is 5.69 Å². The molecule has 1 amide bonds. The summed E-state index contributed by atoms with van der Waals surface area (Å²) in [6.07, 6.45) is -3.66. The fourth-order valence-corrected chi connectivity index (χ4v) is 3.81. The average molecular weight is 526 g/mol. The van der Waals surface area contributed by atoms with Gasteiger partial charge in [0, 0.05) is 19.9 Å². The minimum absolute atomic E-state index is 0.0124. The number of amides is 1. The fraction of sp³-hybridized carbons (Fsp3) is 0.261. The number of rotatable bonds is 9. The SMILES string of the molecule is COCCn1cc(C(=O)NCc2ccc(CS(=O)O)cc2)c(=O)n(-c2cccc(C(F)(F)F)c2)c1=O. The van der Waals surface area contributed by atoms with Crippen LogP contribution in [0.25, 0.3) is 5.69 Å². The second-order valence-electron chi connectivity index (χ2n) is 7.67. The molecule has 0 saturated carbocycles. The van der Waals surface area contributed by atoms with Crippen LogP contribution in [0.15, 0.2) is 64.3 Å². The van der Waals surface area contributed by atoms with Crippen LogP contribution in [-0.2, 0) is 40.8 Å². The summed E-state index contributed by atoms with van der Waals surface area (Å²) in [4.78, 5) is 38.9. The average Bonchev–Trinajstić information content (AvgIpc) is 2.82. The number of hydrogen-bond donors (Lipinski definition) is 2. The molecule has 2 N–H and O–H groups in total. The third kappa shape index (κ3) is 6.56. The van der Waals surface area contributed by atoms with E-state index in [0.717, 1.165) is 22.9 Å². The number of nitrogens with one attached hydrogen (secondary N) is 1. The first-order chi connectivity index (χ1) is 17.0. The summed E-state index contributed by atoms with van der Waals surface area (Å²) >= 11 is -2.00. The molecule has 0 aliphatic heterocycles. The number of aromatic nitrogens is 2. The zero-order valence-corrected chi connectivity index (χ0v) is 19.8. The van der Waals surface area contributed by atoms with Crippen molar-refractivity contribution in [1.29, 1.82) is 0 Å². The van der Waals surface area contributed by atoms with E-state index in [1.807, 2.05) is 0 Å². The first-order valence-corrected chi connectivity index (χ1v) is 11.8. The number of benzene rings is 2. The molecule has 192 valence electrons. The van der Waals surface area contributed by atoms with Crippen LogP contribution in [0.5, 0.6) is 0 Å². The molecule has 9 nitrogen and oxygen atoms in total. The maximum atomic E-state index is 13.2. The van der Waals surface area contributed by atoms with Crippen molar-refractivity contribution in [3.63, 3.8) is 0 Å². The van der Waals surface area contributed by atoms with Gasteiger partial charge in [0.05, 0.1) is 30.2 Å². The van der Waals surface area contributed by atoms with Gasteiger partial charge in [0.2, 0.25) is 0 Å². The Labute approximate surface area is 205 Å². The number of alkyl halides is 3. The highest BCUT2D eigenvalue weighted by molar-refractivity contribution is 7.78. The number of ether oxygens (including phenoxy) is 1. The molecule has 36 heavy (non-hydrogen) atoms. The van der Waals surface area contributed by atoms with Gasteiger partial charge in [-0.3, -0.25) is 14.2 Å². The Bertz CT molecular complexity index is 1380. The van der Waals surface area contributed by atoms with Crippen LogP contribution < -0.4 is 16.6 Å². The van der Waals surface area contributed by atoms with Gasteiger partial charge in [-0.1, -0.05) is 30.3 Å². The molecule has 0 fully saturated rings. The van der Waals surface area contributed by atoms with Gasteiger partial charge < -0.3 is 14.6 Å². The Morgan fingerprint density at radius 1 is 1.11 bits per heavy atom. The molecule has 0 spiro atoms. The van der Waals surface area contributed by atoms with Crippen molar-refractivity contribution in [1.82, 2.24) is 14.5 Å². The predicted octanol–water partition coefficient (Wildman–Crippen LogP) is 2.32. The summed E-state index contributed by atoms with van der Waals surface area (Å²) in [7, 11) is 1.38. The Kier molecular flexibility index (Phi) is 8.61. The second-order valence-corrected chi connectivity index (χ2v) is 8.60. The van der Waals surface area contributed by atoms with Crippen LogP contribution >= 0.6 is 0 Å². The van der Waals surface area contributed by atoms with Gasteiger partial charge in [0.1, 0.15) is 5.56 Å². The lowest BCUT2D eigenvalue weighted by Crippen LogP contribution is -2.43. The largest absolute Gasteiger partial charge is 0.416 e. The molecule has 0 bridgehead atoms. The number of carbonyl (C=O) groups excluding carboxylic acids is 1. The standard InChI is InChI=1S/C23H22F3N3O6S/c1-35-10-9-28-13-19(20(30)27-12-15-5-7-16(8-6-15)14-36(33)34)21(31)29(22(28)32)18-4-2-3-17(11-18)23(24,25)26/h2-8,11,13H,9-10,12,14H2,1H3,(H,27,30)(H,33,34). The zero-order valence-electron chi connectivity index (χ0n) is 18.9. The highest BCUT2D eigenvalue weighted by Gasteiger charge is 2.31. The fourth-order valence-electron chi connectivity index (χ4n) is 3.33. The number of hydrogen-bond acceptors (Lipinski definition) is 5. The number of halogens is 3. The normalized spacial score (nSPS) is 12.4. The number of nitrogens with zero attached hydrogens (tertiary/aromatic N) is 2. The molecule has 1 unspecified atom stereocenters. The minimum atomic E-state index is -4.70. The molecule has 0 aliphatic rings. The van der Waals surface area contributed by atoms with E-state index in [1.54, 1.807) is 24.3 Å². The van der Waals surface area contributed by atoms with Crippen molar-refractivity contribution in [2.24, 2.45) is 0 Å². The van der Waals surface area contributed by atoms with Crippen LogP contribution in [0.2, 0.25) is 0 Å². The third-order valence-corrected chi connectivity index (χ3v) is 5.71. The highest BCUT2D eigenvalue weighted by atomic mass is 32.2. The molecule has 0 aliphatic carbocycles. The summed E-state index contributed by atoms with van der Waals surface area (Å²) in [5, 5.41) is 2.55. The molecule has 3 aromatic rings. The van der Waals surface area contributed by atoms with Crippen LogP contribution in [0.3, 0.4) is 0 Å². The molecule has 3 rings (SSSR count). The molecule has 1 heterocycles. The van der Waals surface area contributed by atoms with E-state index in [0.29, 0.717) is 21.8 Å². The third-order valence-electron chi connectivity index (χ3n) is 5.13. The molecule has 1 aromatic heterocycles. The summed E-state index contributed by atoms with van der Waals surface area (Å²) in [5.41, 5.74) is -2.61. The van der Waals surface area contributed by atoms with Crippen molar-refractivity contribution >= 4 is 17.0 Å². The van der Waals surface area contributed by atoms with E-state index in [9.17, 15) is 31.8 Å². The van der Waals surface area contributed by atoms with Gasteiger partial charge in [0.25, 0.3) is 11.5 Å². The summed E-state index contributed by atoms with van der Waals surface area (Å²) < 4.78 is 66.0. The van der Waals surface area contributed by atoms with Crippen LogP contribution in [0.4, 0.5) is 13.2 Å². The summed E-state index contributed by atoms with van der Waals surface area (Å²) in [6.45, 7) is -0.0171. The molecular weight excluding hydrogens is 503 g/mol. The predicted molar refractivity (Wildman–Crippen MR) is 125 cm³/mol. The molecule has 1 atom stereocenters. The maximum Gasteiger partial charge on any atom is 0.416 e. The molecular formula is C23H22F3N3O6S. The van der Waals surface area contributed by atoms with Crippen molar-refractivity contribution < 1.29 is 31.5 Å². The van der Waals surface area contributed by atoms with Gasteiger partial charge in [-0.25, -0.2) is 13.6 Å². The Morgan fingerprint density at radius 2 is 1.78 bits per heavy atom. The summed E-state index contributed by atoms with van der Waals surface area (Å²) in [5.74, 6) is -0.891. The second kappa shape index (κ2) is 11.5. The van der Waals surface area contributed by atoms with Crippen molar-refractivity contribution in [2.45, 2.75) is 25.0 Å². The van der Waals surface area contributed by atoms with E-state index in [2.05, 4.69) is 5.32 Å². The highest BCUT2D eigenvalue weighted by Crippen LogP contribution is 2.29. The zero-order chi connectivity index (χ0) is 26.5. The Balaban J connectivity index is 1.97. The minimum Gasteiger partial charge on any atom is -0.383 e.